The largest absolute Gasteiger partial charge is 0.490 e. The van der Waals surface area contributed by atoms with E-state index in [1.165, 1.54) is 18.2 Å². The van der Waals surface area contributed by atoms with Crippen LogP contribution in [0.25, 0.3) is 0 Å². The van der Waals surface area contributed by atoms with Crippen molar-refractivity contribution in [1.29, 1.82) is 0 Å². The predicted molar refractivity (Wildman–Crippen MR) is 83.4 cm³/mol. The number of benzene rings is 1. The van der Waals surface area contributed by atoms with E-state index in [2.05, 4.69) is 15.2 Å². The molecule has 130 valence electrons. The molecule has 1 aromatic carbocycles. The monoisotopic (exact) mass is 339 g/mol. The summed E-state index contributed by atoms with van der Waals surface area (Å²) in [6, 6.07) is 5.93. The highest BCUT2D eigenvalue weighted by Gasteiger charge is 2.15. The molecule has 24 heavy (non-hydrogen) atoms. The number of halogens is 2. The van der Waals surface area contributed by atoms with Crippen LogP contribution in [0, 0.1) is 6.92 Å². The number of aryl methyl sites for hydroxylation is 2. The molecule has 0 fully saturated rings. The second-order valence-corrected chi connectivity index (χ2v) is 5.06. The van der Waals surface area contributed by atoms with Gasteiger partial charge in [-0.2, -0.15) is 13.9 Å². The lowest BCUT2D eigenvalue weighted by atomic mass is 10.2. The molecule has 1 N–H and O–H groups in total. The van der Waals surface area contributed by atoms with Gasteiger partial charge in [-0.25, -0.2) is 0 Å². The number of aromatic nitrogens is 2. The maximum atomic E-state index is 12.4. The van der Waals surface area contributed by atoms with Crippen LogP contribution in [0.4, 0.5) is 8.78 Å². The molecule has 6 nitrogen and oxygen atoms in total. The number of nitrogens with zero attached hydrogens (tertiary/aromatic N) is 2. The number of nitrogens with one attached hydrogen (secondary N) is 1. The van der Waals surface area contributed by atoms with Gasteiger partial charge >= 0.3 is 6.61 Å². The molecule has 0 saturated carbocycles. The second-order valence-electron chi connectivity index (χ2n) is 5.06. The third kappa shape index (κ3) is 4.43. The van der Waals surface area contributed by atoms with Gasteiger partial charge in [0.25, 0.3) is 5.91 Å². The standard InChI is InChI=1S/C16H19F2N3O3/c1-4-23-14-8-11(5-6-13(14)24-16(17)18)15(22)19-9-12-7-10(2)21(3)20-12/h5-8,16H,4,9H2,1-3H3,(H,19,22). The van der Waals surface area contributed by atoms with Crippen molar-refractivity contribution in [3.05, 3.63) is 41.2 Å². The Hall–Kier alpha value is -2.64. The SMILES string of the molecule is CCOc1cc(C(=O)NCc2cc(C)n(C)n2)ccc1OC(F)F. The number of hydrogen-bond acceptors (Lipinski definition) is 4. The van der Waals surface area contributed by atoms with E-state index in [0.717, 1.165) is 11.4 Å². The molecule has 8 heteroatoms. The number of ether oxygens (including phenoxy) is 2. The van der Waals surface area contributed by atoms with Crippen molar-refractivity contribution < 1.29 is 23.0 Å². The first-order valence-electron chi connectivity index (χ1n) is 7.40. The Labute approximate surface area is 138 Å². The Bertz CT molecular complexity index is 697. The molecule has 1 heterocycles. The minimum Gasteiger partial charge on any atom is -0.490 e. The Morgan fingerprint density at radius 3 is 2.67 bits per heavy atom. The molecule has 0 spiro atoms. The fraction of sp³-hybridized carbons (Fsp3) is 0.375. The molecule has 1 aromatic heterocycles. The van der Waals surface area contributed by atoms with Crippen LogP contribution in [0.3, 0.4) is 0 Å². The molecule has 0 saturated heterocycles. The maximum absolute atomic E-state index is 12.4. The van der Waals surface area contributed by atoms with Crippen molar-refractivity contribution in [2.45, 2.75) is 27.0 Å². The summed E-state index contributed by atoms with van der Waals surface area (Å²) in [5.74, 6) is -0.370. The van der Waals surface area contributed by atoms with Crippen molar-refractivity contribution in [3.8, 4) is 11.5 Å². The van der Waals surface area contributed by atoms with Crippen LogP contribution in [0.15, 0.2) is 24.3 Å². The van der Waals surface area contributed by atoms with Gasteiger partial charge in [-0.3, -0.25) is 9.48 Å². The molecular weight excluding hydrogens is 320 g/mol. The Morgan fingerprint density at radius 2 is 2.08 bits per heavy atom. The van der Waals surface area contributed by atoms with E-state index in [1.807, 2.05) is 20.0 Å². The van der Waals surface area contributed by atoms with E-state index >= 15 is 0 Å². The summed E-state index contributed by atoms with van der Waals surface area (Å²) >= 11 is 0. The van der Waals surface area contributed by atoms with Gasteiger partial charge in [0.1, 0.15) is 0 Å². The fourth-order valence-corrected chi connectivity index (χ4v) is 2.11. The van der Waals surface area contributed by atoms with Crippen molar-refractivity contribution in [2.75, 3.05) is 6.61 Å². The quantitative estimate of drug-likeness (QED) is 0.842. The molecular formula is C16H19F2N3O3. The molecule has 0 atom stereocenters. The topological polar surface area (TPSA) is 65.4 Å². The van der Waals surface area contributed by atoms with Crippen molar-refractivity contribution in [1.82, 2.24) is 15.1 Å². The van der Waals surface area contributed by atoms with Gasteiger partial charge in [0.15, 0.2) is 11.5 Å². The molecule has 0 aliphatic heterocycles. The molecule has 2 aromatic rings. The van der Waals surface area contributed by atoms with Gasteiger partial charge in [0, 0.05) is 18.3 Å². The molecule has 0 aliphatic rings. The fourth-order valence-electron chi connectivity index (χ4n) is 2.11. The molecule has 0 radical (unpaired) electrons. The lowest BCUT2D eigenvalue weighted by Crippen LogP contribution is -2.23. The van der Waals surface area contributed by atoms with Gasteiger partial charge < -0.3 is 14.8 Å². The first kappa shape index (κ1) is 17.7. The number of amides is 1. The summed E-state index contributed by atoms with van der Waals surface area (Å²) in [4.78, 5) is 12.2. The van der Waals surface area contributed by atoms with Gasteiger partial charge in [-0.15, -0.1) is 0 Å². The first-order valence-corrected chi connectivity index (χ1v) is 7.40. The number of carbonyl (C=O) groups is 1. The van der Waals surface area contributed by atoms with E-state index in [0.29, 0.717) is 0 Å². The van der Waals surface area contributed by atoms with Crippen LogP contribution in [0.5, 0.6) is 11.5 Å². The van der Waals surface area contributed by atoms with Crippen LogP contribution in [-0.4, -0.2) is 28.9 Å². The highest BCUT2D eigenvalue weighted by Crippen LogP contribution is 2.29. The number of carbonyl (C=O) groups excluding carboxylic acids is 1. The third-order valence-corrected chi connectivity index (χ3v) is 3.32. The van der Waals surface area contributed by atoms with Crippen LogP contribution in [-0.2, 0) is 13.6 Å². The van der Waals surface area contributed by atoms with E-state index in [-0.39, 0.29) is 36.1 Å². The van der Waals surface area contributed by atoms with Crippen LogP contribution in [0.1, 0.15) is 28.7 Å². The minimum absolute atomic E-state index is 0.0964. The smallest absolute Gasteiger partial charge is 0.387 e. The van der Waals surface area contributed by atoms with E-state index in [9.17, 15) is 13.6 Å². The average Bonchev–Trinajstić information content (AvgIpc) is 2.85. The van der Waals surface area contributed by atoms with Crippen molar-refractivity contribution >= 4 is 5.91 Å². The zero-order valence-electron chi connectivity index (χ0n) is 13.7. The highest BCUT2D eigenvalue weighted by molar-refractivity contribution is 5.94. The first-order chi connectivity index (χ1) is 11.4. The average molecular weight is 339 g/mol. The Balaban J connectivity index is 2.09. The molecule has 2 rings (SSSR count). The van der Waals surface area contributed by atoms with Crippen molar-refractivity contribution in [3.63, 3.8) is 0 Å². The Morgan fingerprint density at radius 1 is 1.33 bits per heavy atom. The number of rotatable bonds is 7. The van der Waals surface area contributed by atoms with E-state index in [4.69, 9.17) is 4.74 Å². The highest BCUT2D eigenvalue weighted by atomic mass is 19.3. The normalized spacial score (nSPS) is 10.8. The zero-order valence-corrected chi connectivity index (χ0v) is 13.7. The summed E-state index contributed by atoms with van der Waals surface area (Å²) in [6.07, 6.45) is 0. The lowest BCUT2D eigenvalue weighted by molar-refractivity contribution is -0.0514. The van der Waals surface area contributed by atoms with Crippen LogP contribution < -0.4 is 14.8 Å². The van der Waals surface area contributed by atoms with E-state index in [1.54, 1.807) is 11.6 Å². The van der Waals surface area contributed by atoms with Gasteiger partial charge in [-0.05, 0) is 38.1 Å². The summed E-state index contributed by atoms with van der Waals surface area (Å²) in [5, 5.41) is 6.97. The van der Waals surface area contributed by atoms with E-state index < -0.39 is 6.61 Å². The van der Waals surface area contributed by atoms with Crippen molar-refractivity contribution in [2.24, 2.45) is 7.05 Å². The van der Waals surface area contributed by atoms with Crippen LogP contribution in [0.2, 0.25) is 0 Å². The minimum atomic E-state index is -2.96. The lowest BCUT2D eigenvalue weighted by Gasteiger charge is -2.12. The molecule has 0 aliphatic carbocycles. The molecule has 0 unspecified atom stereocenters. The number of alkyl halides is 2. The molecule has 0 bridgehead atoms. The van der Waals surface area contributed by atoms with Gasteiger partial charge in [0.2, 0.25) is 0 Å². The predicted octanol–water partition coefficient (Wildman–Crippen LogP) is 2.66. The summed E-state index contributed by atoms with van der Waals surface area (Å²) in [7, 11) is 1.82. The van der Waals surface area contributed by atoms with Crippen LogP contribution >= 0.6 is 0 Å². The maximum Gasteiger partial charge on any atom is 0.387 e. The van der Waals surface area contributed by atoms with Gasteiger partial charge in [0.05, 0.1) is 18.8 Å². The Kier molecular flexibility index (Phi) is 5.73. The van der Waals surface area contributed by atoms with Gasteiger partial charge in [-0.1, -0.05) is 0 Å². The summed E-state index contributed by atoms with van der Waals surface area (Å²) in [6.45, 7) is 1.19. The summed E-state index contributed by atoms with van der Waals surface area (Å²) < 4.78 is 36.1. The number of hydrogen-bond donors (Lipinski definition) is 1. The molecule has 1 amide bonds. The summed E-state index contributed by atoms with van der Waals surface area (Å²) in [5.41, 5.74) is 1.99. The third-order valence-electron chi connectivity index (χ3n) is 3.32. The zero-order chi connectivity index (χ0) is 17.7. The second kappa shape index (κ2) is 7.76.